The minimum atomic E-state index is -0.302. The van der Waals surface area contributed by atoms with E-state index in [0.717, 1.165) is 30.8 Å². The normalized spacial score (nSPS) is 13.3. The molecule has 2 amide bonds. The molecule has 2 aromatic rings. The van der Waals surface area contributed by atoms with Crippen LogP contribution in [0.4, 0.5) is 11.4 Å². The van der Waals surface area contributed by atoms with Crippen molar-refractivity contribution in [3.63, 3.8) is 0 Å². The molecule has 0 aromatic heterocycles. The highest BCUT2D eigenvalue weighted by Crippen LogP contribution is 2.21. The summed E-state index contributed by atoms with van der Waals surface area (Å²) in [5, 5.41) is 3.35. The van der Waals surface area contributed by atoms with Crippen LogP contribution < -0.4 is 21.1 Å². The zero-order valence-electron chi connectivity index (χ0n) is 16.5. The molecule has 152 valence electrons. The second-order valence-electron chi connectivity index (χ2n) is 7.03. The smallest absolute Gasteiger partial charge is 0.269 e. The van der Waals surface area contributed by atoms with Crippen LogP contribution in [0.1, 0.15) is 48.5 Å². The third kappa shape index (κ3) is 5.77. The van der Waals surface area contributed by atoms with E-state index in [1.807, 2.05) is 12.1 Å². The molecule has 0 saturated carbocycles. The SMILES string of the molecule is CCCCc1ccc(NC(=S)NNC(=O)c2ccc(N3CCCC3=O)cc2)cc1. The van der Waals surface area contributed by atoms with Crippen LogP contribution in [0.5, 0.6) is 0 Å². The Kier molecular flexibility index (Phi) is 7.19. The van der Waals surface area contributed by atoms with Crippen LogP contribution in [-0.2, 0) is 11.2 Å². The number of hydrogen-bond donors (Lipinski definition) is 3. The summed E-state index contributed by atoms with van der Waals surface area (Å²) >= 11 is 5.23. The number of nitrogens with one attached hydrogen (secondary N) is 3. The van der Waals surface area contributed by atoms with Gasteiger partial charge in [-0.05, 0) is 73.4 Å². The lowest BCUT2D eigenvalue weighted by Crippen LogP contribution is -2.43. The van der Waals surface area contributed by atoms with Gasteiger partial charge in [0, 0.05) is 29.9 Å². The van der Waals surface area contributed by atoms with Crippen molar-refractivity contribution >= 4 is 40.5 Å². The highest BCUT2D eigenvalue weighted by Gasteiger charge is 2.21. The summed E-state index contributed by atoms with van der Waals surface area (Å²) in [6, 6.07) is 15.1. The molecular formula is C22H26N4O2S. The molecule has 1 saturated heterocycles. The first-order chi connectivity index (χ1) is 14.1. The number of nitrogens with zero attached hydrogens (tertiary/aromatic N) is 1. The average molecular weight is 411 g/mol. The number of unbranched alkanes of at least 4 members (excludes halogenated alkanes) is 1. The Labute approximate surface area is 176 Å². The number of anilines is 2. The van der Waals surface area contributed by atoms with Crippen LogP contribution in [0.3, 0.4) is 0 Å². The zero-order valence-corrected chi connectivity index (χ0v) is 17.3. The van der Waals surface area contributed by atoms with E-state index in [-0.39, 0.29) is 11.8 Å². The molecule has 3 rings (SSSR count). The summed E-state index contributed by atoms with van der Waals surface area (Å²) in [6.07, 6.45) is 4.87. The monoisotopic (exact) mass is 410 g/mol. The lowest BCUT2D eigenvalue weighted by Gasteiger charge is -2.16. The Bertz CT molecular complexity index is 865. The highest BCUT2D eigenvalue weighted by molar-refractivity contribution is 7.80. The second-order valence-corrected chi connectivity index (χ2v) is 7.44. The van der Waals surface area contributed by atoms with E-state index in [0.29, 0.717) is 17.1 Å². The van der Waals surface area contributed by atoms with E-state index in [1.54, 1.807) is 29.2 Å². The number of amides is 2. The van der Waals surface area contributed by atoms with Crippen molar-refractivity contribution in [3.05, 3.63) is 59.7 Å². The first kappa shape index (κ1) is 20.8. The van der Waals surface area contributed by atoms with Gasteiger partial charge >= 0.3 is 0 Å². The number of carbonyl (C=O) groups is 2. The van der Waals surface area contributed by atoms with E-state index in [9.17, 15) is 9.59 Å². The molecule has 0 radical (unpaired) electrons. The molecule has 0 bridgehead atoms. The predicted octanol–water partition coefficient (Wildman–Crippen LogP) is 3.79. The summed E-state index contributed by atoms with van der Waals surface area (Å²) < 4.78 is 0. The fourth-order valence-corrected chi connectivity index (χ4v) is 3.37. The van der Waals surface area contributed by atoms with Gasteiger partial charge in [0.2, 0.25) is 5.91 Å². The predicted molar refractivity (Wildman–Crippen MR) is 120 cm³/mol. The van der Waals surface area contributed by atoms with Crippen molar-refractivity contribution in [1.29, 1.82) is 0 Å². The Morgan fingerprint density at radius 1 is 1.07 bits per heavy atom. The van der Waals surface area contributed by atoms with Gasteiger partial charge in [-0.2, -0.15) is 0 Å². The molecule has 29 heavy (non-hydrogen) atoms. The lowest BCUT2D eigenvalue weighted by atomic mass is 10.1. The Balaban J connectivity index is 1.47. The van der Waals surface area contributed by atoms with Crippen molar-refractivity contribution in [2.75, 3.05) is 16.8 Å². The van der Waals surface area contributed by atoms with Crippen LogP contribution in [0.15, 0.2) is 48.5 Å². The van der Waals surface area contributed by atoms with Crippen molar-refractivity contribution in [2.24, 2.45) is 0 Å². The molecule has 1 heterocycles. The van der Waals surface area contributed by atoms with E-state index in [2.05, 4.69) is 35.2 Å². The summed E-state index contributed by atoms with van der Waals surface area (Å²) in [4.78, 5) is 25.8. The molecule has 1 fully saturated rings. The Hall–Kier alpha value is -2.93. The zero-order chi connectivity index (χ0) is 20.6. The molecule has 1 aliphatic heterocycles. The van der Waals surface area contributed by atoms with E-state index in [4.69, 9.17) is 12.2 Å². The van der Waals surface area contributed by atoms with Crippen molar-refractivity contribution in [1.82, 2.24) is 10.9 Å². The minimum Gasteiger partial charge on any atom is -0.331 e. The van der Waals surface area contributed by atoms with Gasteiger partial charge in [-0.15, -0.1) is 0 Å². The fraction of sp³-hybridized carbons (Fsp3) is 0.318. The van der Waals surface area contributed by atoms with Gasteiger partial charge < -0.3 is 10.2 Å². The standard InChI is InChI=1S/C22H26N4O2S/c1-2-3-5-16-7-11-18(12-8-16)23-22(29)25-24-21(28)17-9-13-19(14-10-17)26-15-4-6-20(26)27/h7-14H,2-6,15H2,1H3,(H,24,28)(H2,23,25,29). The van der Waals surface area contributed by atoms with Gasteiger partial charge in [-0.1, -0.05) is 25.5 Å². The van der Waals surface area contributed by atoms with Crippen molar-refractivity contribution in [2.45, 2.75) is 39.0 Å². The van der Waals surface area contributed by atoms with E-state index in [1.165, 1.54) is 18.4 Å². The molecule has 2 aromatic carbocycles. The molecule has 7 heteroatoms. The van der Waals surface area contributed by atoms with Crippen LogP contribution in [0, 0.1) is 0 Å². The fourth-order valence-electron chi connectivity index (χ4n) is 3.20. The molecule has 0 spiro atoms. The number of thiocarbonyl (C=S) groups is 1. The molecular weight excluding hydrogens is 384 g/mol. The van der Waals surface area contributed by atoms with Crippen molar-refractivity contribution < 1.29 is 9.59 Å². The molecule has 0 unspecified atom stereocenters. The van der Waals surface area contributed by atoms with Crippen molar-refractivity contribution in [3.8, 4) is 0 Å². The van der Waals surface area contributed by atoms with Gasteiger partial charge in [0.25, 0.3) is 5.91 Å². The van der Waals surface area contributed by atoms with Crippen LogP contribution in [0.25, 0.3) is 0 Å². The maximum atomic E-state index is 12.3. The van der Waals surface area contributed by atoms with Gasteiger partial charge in [0.15, 0.2) is 5.11 Å². The summed E-state index contributed by atoms with van der Waals surface area (Å²) in [5.74, 6) is -0.179. The molecule has 1 aliphatic rings. The second kappa shape index (κ2) is 10.0. The Morgan fingerprint density at radius 3 is 2.41 bits per heavy atom. The van der Waals surface area contributed by atoms with Gasteiger partial charge in [-0.25, -0.2) is 0 Å². The lowest BCUT2D eigenvalue weighted by molar-refractivity contribution is -0.117. The quantitative estimate of drug-likeness (QED) is 0.499. The van der Waals surface area contributed by atoms with Gasteiger partial charge in [-0.3, -0.25) is 20.4 Å². The number of hydrazine groups is 1. The molecule has 0 aliphatic carbocycles. The van der Waals surface area contributed by atoms with Gasteiger partial charge in [0.05, 0.1) is 0 Å². The topological polar surface area (TPSA) is 73.5 Å². The average Bonchev–Trinajstić information content (AvgIpc) is 3.17. The maximum Gasteiger partial charge on any atom is 0.269 e. The molecule has 3 N–H and O–H groups in total. The first-order valence-electron chi connectivity index (χ1n) is 9.93. The number of aryl methyl sites for hydroxylation is 1. The minimum absolute atomic E-state index is 0.124. The number of carbonyl (C=O) groups excluding carboxylic acids is 2. The first-order valence-corrected chi connectivity index (χ1v) is 10.3. The van der Waals surface area contributed by atoms with E-state index >= 15 is 0 Å². The highest BCUT2D eigenvalue weighted by atomic mass is 32.1. The van der Waals surface area contributed by atoms with Crippen LogP contribution >= 0.6 is 12.2 Å². The maximum absolute atomic E-state index is 12.3. The number of hydrogen-bond acceptors (Lipinski definition) is 3. The number of rotatable bonds is 6. The third-order valence-electron chi connectivity index (χ3n) is 4.83. The largest absolute Gasteiger partial charge is 0.331 e. The summed E-state index contributed by atoms with van der Waals surface area (Å²) in [5.41, 5.74) is 8.75. The molecule has 6 nitrogen and oxygen atoms in total. The summed E-state index contributed by atoms with van der Waals surface area (Å²) in [6.45, 7) is 2.91. The number of benzene rings is 2. The van der Waals surface area contributed by atoms with E-state index < -0.39 is 0 Å². The third-order valence-corrected chi connectivity index (χ3v) is 5.04. The molecule has 0 atom stereocenters. The Morgan fingerprint density at radius 2 is 1.79 bits per heavy atom. The van der Waals surface area contributed by atoms with Gasteiger partial charge in [0.1, 0.15) is 0 Å². The van der Waals surface area contributed by atoms with Crippen LogP contribution in [-0.4, -0.2) is 23.5 Å². The van der Waals surface area contributed by atoms with Crippen LogP contribution in [0.2, 0.25) is 0 Å². The summed E-state index contributed by atoms with van der Waals surface area (Å²) in [7, 11) is 0.